The van der Waals surface area contributed by atoms with Crippen LogP contribution < -0.4 is 10.1 Å². The number of methoxy groups -OCH3 is 1. The summed E-state index contributed by atoms with van der Waals surface area (Å²) in [6.45, 7) is 2.79. The number of aliphatic hydroxyl groups is 1. The highest BCUT2D eigenvalue weighted by Crippen LogP contribution is 2.08. The van der Waals surface area contributed by atoms with Crippen LogP contribution >= 0.6 is 0 Å². The average Bonchev–Trinajstić information content (AvgIpc) is 3.33. The fraction of sp³-hybridized carbons (Fsp3) is 0.750. The fourth-order valence-corrected chi connectivity index (χ4v) is 1.45. The fourth-order valence-electron chi connectivity index (χ4n) is 1.45. The van der Waals surface area contributed by atoms with Crippen molar-refractivity contribution in [2.24, 2.45) is 0 Å². The predicted molar refractivity (Wildman–Crippen MR) is 72.3 cm³/mol. The van der Waals surface area contributed by atoms with Crippen molar-refractivity contribution in [1.82, 2.24) is 15.0 Å². The van der Waals surface area contributed by atoms with E-state index in [2.05, 4.69) is 20.3 Å². The molecular formula is C12H20N4O5. The standard InChI is InChI=1S/C12H20N4O5/c1-18-12-15-8-14-11(16-12)13-4-9(17)5-19-2-3-20-6-10-7-21-10/h8-10,17H,2-7H2,1H3,(H,13,14,15,16). The van der Waals surface area contributed by atoms with E-state index >= 15 is 0 Å². The third kappa shape index (κ3) is 6.63. The summed E-state index contributed by atoms with van der Waals surface area (Å²) in [4.78, 5) is 11.7. The molecule has 0 radical (unpaired) electrons. The molecule has 2 heterocycles. The van der Waals surface area contributed by atoms with Gasteiger partial charge in [0.15, 0.2) is 0 Å². The van der Waals surface area contributed by atoms with Gasteiger partial charge in [-0.1, -0.05) is 0 Å². The highest BCUT2D eigenvalue weighted by atomic mass is 16.6. The monoisotopic (exact) mass is 300 g/mol. The number of hydrogen-bond donors (Lipinski definition) is 2. The molecule has 1 aromatic rings. The first-order chi connectivity index (χ1) is 10.3. The number of rotatable bonds is 11. The number of aliphatic hydroxyl groups excluding tert-OH is 1. The molecule has 0 aliphatic carbocycles. The average molecular weight is 300 g/mol. The molecule has 2 N–H and O–H groups in total. The number of nitrogens with one attached hydrogen (secondary N) is 1. The molecule has 118 valence electrons. The van der Waals surface area contributed by atoms with E-state index in [1.165, 1.54) is 13.4 Å². The molecule has 1 saturated heterocycles. The van der Waals surface area contributed by atoms with E-state index in [0.29, 0.717) is 25.8 Å². The van der Waals surface area contributed by atoms with E-state index in [0.717, 1.165) is 6.61 Å². The Labute approximate surface area is 122 Å². The molecule has 2 rings (SSSR count). The van der Waals surface area contributed by atoms with Crippen LogP contribution in [-0.2, 0) is 14.2 Å². The molecule has 2 unspecified atom stereocenters. The van der Waals surface area contributed by atoms with Crippen molar-refractivity contribution in [3.63, 3.8) is 0 Å². The summed E-state index contributed by atoms with van der Waals surface area (Å²) in [5.41, 5.74) is 0. The number of ether oxygens (including phenoxy) is 4. The summed E-state index contributed by atoms with van der Waals surface area (Å²) < 4.78 is 20.5. The Hall–Kier alpha value is -1.55. The lowest BCUT2D eigenvalue weighted by Crippen LogP contribution is -2.26. The van der Waals surface area contributed by atoms with E-state index in [-0.39, 0.29) is 25.3 Å². The number of epoxide rings is 1. The number of nitrogens with zero attached hydrogens (tertiary/aromatic N) is 3. The maximum absolute atomic E-state index is 9.74. The first kappa shape index (κ1) is 15.8. The molecule has 1 fully saturated rings. The molecule has 0 bridgehead atoms. The van der Waals surface area contributed by atoms with Gasteiger partial charge in [-0.25, -0.2) is 4.98 Å². The van der Waals surface area contributed by atoms with Crippen LogP contribution in [0.1, 0.15) is 0 Å². The molecule has 2 atom stereocenters. The van der Waals surface area contributed by atoms with Gasteiger partial charge in [-0.05, 0) is 0 Å². The number of anilines is 1. The molecule has 21 heavy (non-hydrogen) atoms. The van der Waals surface area contributed by atoms with E-state index in [1.54, 1.807) is 0 Å². The van der Waals surface area contributed by atoms with Gasteiger partial charge in [-0.3, -0.25) is 0 Å². The van der Waals surface area contributed by atoms with E-state index in [1.807, 2.05) is 0 Å². The lowest BCUT2D eigenvalue weighted by Gasteiger charge is -2.12. The number of aromatic nitrogens is 3. The van der Waals surface area contributed by atoms with E-state index in [9.17, 15) is 5.11 Å². The Morgan fingerprint density at radius 2 is 2.24 bits per heavy atom. The van der Waals surface area contributed by atoms with Crippen molar-refractivity contribution in [1.29, 1.82) is 0 Å². The Balaban J connectivity index is 1.50. The van der Waals surface area contributed by atoms with Crippen molar-refractivity contribution in [2.75, 3.05) is 52.0 Å². The highest BCUT2D eigenvalue weighted by molar-refractivity contribution is 5.23. The quantitative estimate of drug-likeness (QED) is 0.396. The molecular weight excluding hydrogens is 280 g/mol. The SMILES string of the molecule is COc1ncnc(NCC(O)COCCOCC2CO2)n1. The second-order valence-corrected chi connectivity index (χ2v) is 4.44. The molecule has 1 aliphatic heterocycles. The Bertz CT molecular complexity index is 418. The zero-order valence-corrected chi connectivity index (χ0v) is 11.9. The molecule has 1 aromatic heterocycles. The van der Waals surface area contributed by atoms with Gasteiger partial charge in [-0.15, -0.1) is 0 Å². The van der Waals surface area contributed by atoms with Gasteiger partial charge in [0.25, 0.3) is 0 Å². The van der Waals surface area contributed by atoms with Gasteiger partial charge in [0.2, 0.25) is 5.95 Å². The van der Waals surface area contributed by atoms with Crippen LogP contribution in [0.2, 0.25) is 0 Å². The topological polar surface area (TPSA) is 111 Å². The predicted octanol–water partition coefficient (Wildman–Crippen LogP) is -0.915. The molecule has 9 nitrogen and oxygen atoms in total. The Kier molecular flexibility index (Phi) is 6.54. The van der Waals surface area contributed by atoms with Crippen molar-refractivity contribution in [3.8, 4) is 6.01 Å². The lowest BCUT2D eigenvalue weighted by atomic mass is 10.4. The highest BCUT2D eigenvalue weighted by Gasteiger charge is 2.21. The first-order valence-electron chi connectivity index (χ1n) is 6.70. The summed E-state index contributed by atoms with van der Waals surface area (Å²) in [6.07, 6.45) is 0.925. The summed E-state index contributed by atoms with van der Waals surface area (Å²) in [5, 5.41) is 12.6. The van der Waals surface area contributed by atoms with Crippen LogP contribution in [0.15, 0.2) is 6.33 Å². The maximum atomic E-state index is 9.74. The minimum atomic E-state index is -0.667. The van der Waals surface area contributed by atoms with Crippen LogP contribution in [0.4, 0.5) is 5.95 Å². The van der Waals surface area contributed by atoms with Gasteiger partial charge in [-0.2, -0.15) is 9.97 Å². The molecule has 0 saturated carbocycles. The first-order valence-corrected chi connectivity index (χ1v) is 6.70. The van der Waals surface area contributed by atoms with Gasteiger partial charge in [0, 0.05) is 6.54 Å². The zero-order chi connectivity index (χ0) is 14.9. The van der Waals surface area contributed by atoms with E-state index < -0.39 is 6.10 Å². The van der Waals surface area contributed by atoms with Gasteiger partial charge >= 0.3 is 6.01 Å². The molecule has 0 spiro atoms. The summed E-state index contributed by atoms with van der Waals surface area (Å²) in [6, 6.07) is 0.218. The smallest absolute Gasteiger partial charge is 0.320 e. The van der Waals surface area contributed by atoms with Crippen LogP contribution in [0.25, 0.3) is 0 Å². The minimum absolute atomic E-state index is 0.207. The molecule has 9 heteroatoms. The van der Waals surface area contributed by atoms with Crippen LogP contribution in [-0.4, -0.2) is 79.0 Å². The van der Waals surface area contributed by atoms with Gasteiger partial charge < -0.3 is 29.4 Å². The van der Waals surface area contributed by atoms with Gasteiger partial charge in [0.1, 0.15) is 12.4 Å². The molecule has 0 amide bonds. The van der Waals surface area contributed by atoms with Crippen LogP contribution in [0.5, 0.6) is 6.01 Å². The maximum Gasteiger partial charge on any atom is 0.320 e. The third-order valence-electron chi connectivity index (χ3n) is 2.62. The number of hydrogen-bond acceptors (Lipinski definition) is 9. The summed E-state index contributed by atoms with van der Waals surface area (Å²) in [7, 11) is 1.47. The van der Waals surface area contributed by atoms with Crippen LogP contribution in [0, 0.1) is 0 Å². The zero-order valence-electron chi connectivity index (χ0n) is 11.9. The van der Waals surface area contributed by atoms with Crippen molar-refractivity contribution < 1.29 is 24.1 Å². The van der Waals surface area contributed by atoms with Crippen molar-refractivity contribution in [2.45, 2.75) is 12.2 Å². The van der Waals surface area contributed by atoms with Crippen LogP contribution in [0.3, 0.4) is 0 Å². The second kappa shape index (κ2) is 8.67. The molecule has 0 aromatic carbocycles. The van der Waals surface area contributed by atoms with Crippen molar-refractivity contribution in [3.05, 3.63) is 6.33 Å². The minimum Gasteiger partial charge on any atom is -0.467 e. The van der Waals surface area contributed by atoms with Gasteiger partial charge in [0.05, 0.1) is 46.2 Å². The third-order valence-corrected chi connectivity index (χ3v) is 2.62. The summed E-state index contributed by atoms with van der Waals surface area (Å²) in [5.74, 6) is 0.341. The molecule has 1 aliphatic rings. The Morgan fingerprint density at radius 1 is 1.43 bits per heavy atom. The lowest BCUT2D eigenvalue weighted by molar-refractivity contribution is 0.00532. The van der Waals surface area contributed by atoms with E-state index in [4.69, 9.17) is 18.9 Å². The summed E-state index contributed by atoms with van der Waals surface area (Å²) >= 11 is 0. The normalized spacial score (nSPS) is 18.3. The Morgan fingerprint density at radius 3 is 3.00 bits per heavy atom. The second-order valence-electron chi connectivity index (χ2n) is 4.44. The van der Waals surface area contributed by atoms with Crippen molar-refractivity contribution >= 4 is 5.95 Å². The largest absolute Gasteiger partial charge is 0.467 e.